The molecule has 2 N–H and O–H groups in total. The number of nitrogens with one attached hydrogen (secondary N) is 2. The van der Waals surface area contributed by atoms with E-state index >= 15 is 0 Å². The highest BCUT2D eigenvalue weighted by Gasteiger charge is 2.30. The van der Waals surface area contributed by atoms with E-state index in [9.17, 15) is 13.2 Å². The summed E-state index contributed by atoms with van der Waals surface area (Å²) in [5, 5.41) is 3.04. The number of benzene rings is 1. The molecule has 0 saturated heterocycles. The quantitative estimate of drug-likeness (QED) is 0.853. The number of aryl methyl sites for hydroxylation is 1. The van der Waals surface area contributed by atoms with Crippen LogP contribution in [0.5, 0.6) is 0 Å². The first-order chi connectivity index (χ1) is 9.95. The Kier molecular flexibility index (Phi) is 4.67. The normalized spacial score (nSPS) is 11.4. The Balaban J connectivity index is 1.83. The molecule has 0 radical (unpaired) electrons. The van der Waals surface area contributed by atoms with Crippen molar-refractivity contribution in [2.24, 2.45) is 0 Å². The van der Waals surface area contributed by atoms with Crippen molar-refractivity contribution in [3.8, 4) is 0 Å². The van der Waals surface area contributed by atoms with Crippen LogP contribution in [-0.4, -0.2) is 9.97 Å². The Morgan fingerprint density at radius 1 is 1.33 bits per heavy atom. The lowest BCUT2D eigenvalue weighted by Gasteiger charge is -2.11. The number of hydrogen-bond donors (Lipinski definition) is 2. The second-order valence-corrected chi connectivity index (χ2v) is 4.73. The van der Waals surface area contributed by atoms with E-state index in [2.05, 4.69) is 21.9 Å². The Labute approximate surface area is 120 Å². The van der Waals surface area contributed by atoms with Crippen molar-refractivity contribution in [1.82, 2.24) is 15.3 Å². The summed E-state index contributed by atoms with van der Waals surface area (Å²) in [6, 6.07) is 5.28. The lowest BCUT2D eigenvalue weighted by Crippen LogP contribution is -2.13. The van der Waals surface area contributed by atoms with Gasteiger partial charge in [-0.3, -0.25) is 0 Å². The highest BCUT2D eigenvalue weighted by molar-refractivity contribution is 5.25. The molecule has 3 nitrogen and oxygen atoms in total. The molecule has 112 valence electrons. The standard InChI is InChI=1S/C15H16F3N3/c1-11(5-6-14-9-19-10-21-14)20-8-12-3-2-4-13(7-12)15(16,17)18/h2-4,7,9-10,20H,1,5-6,8H2,(H,19,21). The maximum atomic E-state index is 12.6. The number of aromatic nitrogens is 2. The van der Waals surface area contributed by atoms with Gasteiger partial charge in [-0.05, 0) is 30.5 Å². The van der Waals surface area contributed by atoms with Gasteiger partial charge in [-0.15, -0.1) is 0 Å². The molecule has 21 heavy (non-hydrogen) atoms. The molecule has 1 aromatic heterocycles. The third kappa shape index (κ3) is 4.66. The van der Waals surface area contributed by atoms with Gasteiger partial charge in [0.1, 0.15) is 0 Å². The van der Waals surface area contributed by atoms with Crippen LogP contribution in [0.1, 0.15) is 23.2 Å². The molecule has 0 spiro atoms. The molecule has 0 aliphatic rings. The number of nitrogens with zero attached hydrogens (tertiary/aromatic N) is 1. The zero-order valence-corrected chi connectivity index (χ0v) is 11.4. The highest BCUT2D eigenvalue weighted by Crippen LogP contribution is 2.29. The minimum Gasteiger partial charge on any atom is -0.385 e. The molecule has 0 saturated carbocycles. The van der Waals surface area contributed by atoms with Crippen molar-refractivity contribution in [1.29, 1.82) is 0 Å². The van der Waals surface area contributed by atoms with Crippen molar-refractivity contribution in [3.05, 3.63) is 65.9 Å². The van der Waals surface area contributed by atoms with Crippen LogP contribution in [-0.2, 0) is 19.1 Å². The third-order valence-electron chi connectivity index (χ3n) is 3.05. The zero-order chi connectivity index (χ0) is 15.3. The summed E-state index contributed by atoms with van der Waals surface area (Å²) in [5.41, 5.74) is 1.72. The molecule has 0 atom stereocenters. The molecule has 0 unspecified atom stereocenters. The molecular formula is C15H16F3N3. The van der Waals surface area contributed by atoms with Gasteiger partial charge in [-0.2, -0.15) is 13.2 Å². The predicted molar refractivity (Wildman–Crippen MR) is 74.3 cm³/mol. The van der Waals surface area contributed by atoms with E-state index in [1.54, 1.807) is 18.6 Å². The molecule has 0 aliphatic carbocycles. The summed E-state index contributed by atoms with van der Waals surface area (Å²) in [5.74, 6) is 0. The smallest absolute Gasteiger partial charge is 0.385 e. The molecule has 0 fully saturated rings. The molecule has 6 heteroatoms. The van der Waals surface area contributed by atoms with Crippen LogP contribution >= 0.6 is 0 Å². The van der Waals surface area contributed by atoms with Crippen LogP contribution in [0.15, 0.2) is 49.1 Å². The monoisotopic (exact) mass is 295 g/mol. The summed E-state index contributed by atoms with van der Waals surface area (Å²) in [4.78, 5) is 6.90. The number of H-pyrrole nitrogens is 1. The summed E-state index contributed by atoms with van der Waals surface area (Å²) in [7, 11) is 0. The first-order valence-electron chi connectivity index (χ1n) is 6.50. The fourth-order valence-corrected chi connectivity index (χ4v) is 1.88. The van der Waals surface area contributed by atoms with Gasteiger partial charge in [0.25, 0.3) is 0 Å². The number of imidazole rings is 1. The van der Waals surface area contributed by atoms with E-state index in [0.29, 0.717) is 18.5 Å². The fourth-order valence-electron chi connectivity index (χ4n) is 1.88. The molecule has 0 amide bonds. The summed E-state index contributed by atoms with van der Waals surface area (Å²) >= 11 is 0. The third-order valence-corrected chi connectivity index (χ3v) is 3.05. The average Bonchev–Trinajstić information content (AvgIpc) is 2.95. The lowest BCUT2D eigenvalue weighted by molar-refractivity contribution is -0.137. The van der Waals surface area contributed by atoms with Crippen molar-refractivity contribution in [3.63, 3.8) is 0 Å². The maximum absolute atomic E-state index is 12.6. The second-order valence-electron chi connectivity index (χ2n) is 4.73. The van der Waals surface area contributed by atoms with Crippen LogP contribution < -0.4 is 5.32 Å². The Morgan fingerprint density at radius 2 is 2.14 bits per heavy atom. The molecule has 0 bridgehead atoms. The Bertz CT molecular complexity index is 588. The lowest BCUT2D eigenvalue weighted by atomic mass is 10.1. The van der Waals surface area contributed by atoms with Gasteiger partial charge in [-0.1, -0.05) is 18.7 Å². The number of aromatic amines is 1. The van der Waals surface area contributed by atoms with E-state index in [4.69, 9.17) is 0 Å². The van der Waals surface area contributed by atoms with Gasteiger partial charge in [0.15, 0.2) is 0 Å². The van der Waals surface area contributed by atoms with E-state index in [1.165, 1.54) is 6.07 Å². The maximum Gasteiger partial charge on any atom is 0.416 e. The number of rotatable bonds is 6. The second kappa shape index (κ2) is 6.47. The Morgan fingerprint density at radius 3 is 2.81 bits per heavy atom. The molecule has 1 aromatic carbocycles. The largest absolute Gasteiger partial charge is 0.416 e. The van der Waals surface area contributed by atoms with Gasteiger partial charge in [-0.25, -0.2) is 4.98 Å². The molecular weight excluding hydrogens is 279 g/mol. The number of allylic oxidation sites excluding steroid dienone is 1. The first-order valence-corrected chi connectivity index (χ1v) is 6.50. The van der Waals surface area contributed by atoms with Crippen molar-refractivity contribution in [2.75, 3.05) is 0 Å². The number of hydrogen-bond acceptors (Lipinski definition) is 2. The molecule has 2 rings (SSSR count). The van der Waals surface area contributed by atoms with Crippen molar-refractivity contribution in [2.45, 2.75) is 25.6 Å². The van der Waals surface area contributed by atoms with Gasteiger partial charge >= 0.3 is 6.18 Å². The van der Waals surface area contributed by atoms with E-state index in [-0.39, 0.29) is 0 Å². The van der Waals surface area contributed by atoms with Gasteiger partial charge in [0, 0.05) is 24.1 Å². The van der Waals surface area contributed by atoms with Gasteiger partial charge in [0.2, 0.25) is 0 Å². The van der Waals surface area contributed by atoms with Crippen LogP contribution in [0.3, 0.4) is 0 Å². The number of halogens is 3. The number of alkyl halides is 3. The predicted octanol–water partition coefficient (Wildman–Crippen LogP) is 3.66. The van der Waals surface area contributed by atoms with Crippen molar-refractivity contribution >= 4 is 0 Å². The van der Waals surface area contributed by atoms with E-state index in [0.717, 1.165) is 29.9 Å². The minimum atomic E-state index is -4.31. The van der Waals surface area contributed by atoms with E-state index < -0.39 is 11.7 Å². The highest BCUT2D eigenvalue weighted by atomic mass is 19.4. The molecule has 0 aliphatic heterocycles. The molecule has 2 aromatic rings. The molecule has 1 heterocycles. The topological polar surface area (TPSA) is 40.7 Å². The van der Waals surface area contributed by atoms with E-state index in [1.807, 2.05) is 0 Å². The Hall–Kier alpha value is -2.24. The summed E-state index contributed by atoms with van der Waals surface area (Å²) in [6.45, 7) is 4.20. The minimum absolute atomic E-state index is 0.325. The van der Waals surface area contributed by atoms with Crippen LogP contribution in [0, 0.1) is 0 Å². The van der Waals surface area contributed by atoms with Gasteiger partial charge in [0.05, 0.1) is 11.9 Å². The zero-order valence-electron chi connectivity index (χ0n) is 11.4. The van der Waals surface area contributed by atoms with Crippen LogP contribution in [0.2, 0.25) is 0 Å². The summed E-state index contributed by atoms with van der Waals surface area (Å²) < 4.78 is 37.8. The van der Waals surface area contributed by atoms with Crippen LogP contribution in [0.4, 0.5) is 13.2 Å². The summed E-state index contributed by atoms with van der Waals surface area (Å²) in [6.07, 6.45) is 0.484. The average molecular weight is 295 g/mol. The van der Waals surface area contributed by atoms with Crippen LogP contribution in [0.25, 0.3) is 0 Å². The SMILES string of the molecule is C=C(CCc1cnc[nH]1)NCc1cccc(C(F)(F)F)c1. The van der Waals surface area contributed by atoms with Crippen molar-refractivity contribution < 1.29 is 13.2 Å². The first kappa shape index (κ1) is 15.2. The fraction of sp³-hybridized carbons (Fsp3) is 0.267. The van der Waals surface area contributed by atoms with Gasteiger partial charge < -0.3 is 10.3 Å².